The summed E-state index contributed by atoms with van der Waals surface area (Å²) >= 11 is 0. The van der Waals surface area contributed by atoms with Crippen molar-refractivity contribution in [2.24, 2.45) is 11.3 Å². The SMILES string of the molecule is CC(C)N(CC1CCNCC1)C1CCC12CCCCC2. The fourth-order valence-corrected chi connectivity index (χ4v) is 5.10. The molecule has 2 heteroatoms. The van der Waals surface area contributed by atoms with Gasteiger partial charge in [-0.2, -0.15) is 0 Å². The number of piperidine rings is 1. The van der Waals surface area contributed by atoms with Crippen molar-refractivity contribution in [2.75, 3.05) is 19.6 Å². The van der Waals surface area contributed by atoms with Crippen molar-refractivity contribution in [3.8, 4) is 0 Å². The molecule has 2 aliphatic carbocycles. The second kappa shape index (κ2) is 6.36. The summed E-state index contributed by atoms with van der Waals surface area (Å²) in [6.45, 7) is 8.70. The van der Waals surface area contributed by atoms with Gasteiger partial charge >= 0.3 is 0 Å². The molecule has 0 aromatic rings. The number of hydrogen-bond acceptors (Lipinski definition) is 2. The zero-order valence-corrected chi connectivity index (χ0v) is 13.7. The predicted molar refractivity (Wildman–Crippen MR) is 86.0 cm³/mol. The average molecular weight is 278 g/mol. The van der Waals surface area contributed by atoms with Crippen LogP contribution in [0.25, 0.3) is 0 Å². The van der Waals surface area contributed by atoms with Gasteiger partial charge in [-0.3, -0.25) is 4.90 Å². The highest BCUT2D eigenvalue weighted by molar-refractivity contribution is 5.03. The Morgan fingerprint density at radius 1 is 1.00 bits per heavy atom. The Bertz CT molecular complexity index is 301. The molecule has 1 aliphatic heterocycles. The molecule has 0 bridgehead atoms. The minimum absolute atomic E-state index is 0.731. The summed E-state index contributed by atoms with van der Waals surface area (Å²) in [4.78, 5) is 2.91. The van der Waals surface area contributed by atoms with Gasteiger partial charge in [-0.15, -0.1) is 0 Å². The summed E-state index contributed by atoms with van der Waals surface area (Å²) in [5.41, 5.74) is 0.732. The van der Waals surface area contributed by atoms with Gasteiger partial charge in [0.1, 0.15) is 0 Å². The molecular formula is C18H34N2. The largest absolute Gasteiger partial charge is 0.317 e. The van der Waals surface area contributed by atoms with E-state index in [1.807, 2.05) is 0 Å². The van der Waals surface area contributed by atoms with E-state index in [1.54, 1.807) is 0 Å². The molecule has 20 heavy (non-hydrogen) atoms. The number of hydrogen-bond donors (Lipinski definition) is 1. The fourth-order valence-electron chi connectivity index (χ4n) is 5.10. The van der Waals surface area contributed by atoms with Gasteiger partial charge in [0.15, 0.2) is 0 Å². The van der Waals surface area contributed by atoms with Gasteiger partial charge < -0.3 is 5.32 Å². The summed E-state index contributed by atoms with van der Waals surface area (Å²) in [5.74, 6) is 0.944. The molecule has 1 heterocycles. The van der Waals surface area contributed by atoms with E-state index in [9.17, 15) is 0 Å². The molecule has 0 radical (unpaired) electrons. The van der Waals surface area contributed by atoms with Crippen molar-refractivity contribution >= 4 is 0 Å². The molecule has 2 saturated carbocycles. The van der Waals surface area contributed by atoms with Crippen molar-refractivity contribution < 1.29 is 0 Å². The van der Waals surface area contributed by atoms with E-state index in [0.717, 1.165) is 23.4 Å². The number of nitrogens with zero attached hydrogens (tertiary/aromatic N) is 1. The number of rotatable bonds is 4. The van der Waals surface area contributed by atoms with Crippen molar-refractivity contribution in [2.45, 2.75) is 83.7 Å². The predicted octanol–water partition coefficient (Wildman–Crippen LogP) is 3.81. The zero-order valence-electron chi connectivity index (χ0n) is 13.7. The Kier molecular flexibility index (Phi) is 4.72. The maximum absolute atomic E-state index is 3.51. The second-order valence-corrected chi connectivity index (χ2v) is 7.96. The third-order valence-electron chi connectivity index (χ3n) is 6.46. The lowest BCUT2D eigenvalue weighted by molar-refractivity contribution is -0.0724. The molecule has 0 aromatic heterocycles. The summed E-state index contributed by atoms with van der Waals surface area (Å²) < 4.78 is 0. The summed E-state index contributed by atoms with van der Waals surface area (Å²) in [6.07, 6.45) is 13.3. The highest BCUT2D eigenvalue weighted by Gasteiger charge is 2.49. The lowest BCUT2D eigenvalue weighted by atomic mass is 9.56. The van der Waals surface area contributed by atoms with Gasteiger partial charge in [0.05, 0.1) is 0 Å². The van der Waals surface area contributed by atoms with Gasteiger partial charge in [0.25, 0.3) is 0 Å². The highest BCUT2D eigenvalue weighted by Crippen LogP contribution is 2.54. The van der Waals surface area contributed by atoms with Crippen molar-refractivity contribution in [1.29, 1.82) is 0 Å². The molecule has 1 spiro atoms. The van der Waals surface area contributed by atoms with Crippen LogP contribution < -0.4 is 5.32 Å². The first-order chi connectivity index (χ1) is 9.71. The monoisotopic (exact) mass is 278 g/mol. The van der Waals surface area contributed by atoms with Crippen LogP contribution in [0.15, 0.2) is 0 Å². The van der Waals surface area contributed by atoms with Gasteiger partial charge in [-0.05, 0) is 76.8 Å². The zero-order chi connectivity index (χ0) is 14.0. The molecule has 1 N–H and O–H groups in total. The normalized spacial score (nSPS) is 30.9. The van der Waals surface area contributed by atoms with Crippen LogP contribution in [-0.4, -0.2) is 36.6 Å². The van der Waals surface area contributed by atoms with E-state index >= 15 is 0 Å². The summed E-state index contributed by atoms with van der Waals surface area (Å²) in [6, 6.07) is 1.65. The summed E-state index contributed by atoms with van der Waals surface area (Å²) in [5, 5.41) is 3.51. The lowest BCUT2D eigenvalue weighted by Gasteiger charge is -2.58. The van der Waals surface area contributed by atoms with E-state index in [2.05, 4.69) is 24.1 Å². The first-order valence-electron chi connectivity index (χ1n) is 9.18. The van der Waals surface area contributed by atoms with E-state index in [1.165, 1.54) is 77.4 Å². The van der Waals surface area contributed by atoms with Crippen LogP contribution in [-0.2, 0) is 0 Å². The highest BCUT2D eigenvalue weighted by atomic mass is 15.2. The van der Waals surface area contributed by atoms with Gasteiger partial charge in [-0.1, -0.05) is 19.3 Å². The molecule has 116 valence electrons. The number of nitrogens with one attached hydrogen (secondary N) is 1. The van der Waals surface area contributed by atoms with Crippen LogP contribution in [0.5, 0.6) is 0 Å². The Hall–Kier alpha value is -0.0800. The molecule has 1 atom stereocenters. The first kappa shape index (κ1) is 14.8. The van der Waals surface area contributed by atoms with Crippen LogP contribution in [0.3, 0.4) is 0 Å². The average Bonchev–Trinajstić information content (AvgIpc) is 2.47. The third kappa shape index (κ3) is 2.92. The van der Waals surface area contributed by atoms with E-state index in [4.69, 9.17) is 0 Å². The smallest absolute Gasteiger partial charge is 0.0155 e. The van der Waals surface area contributed by atoms with E-state index in [-0.39, 0.29) is 0 Å². The first-order valence-corrected chi connectivity index (χ1v) is 9.18. The van der Waals surface area contributed by atoms with Crippen molar-refractivity contribution in [3.63, 3.8) is 0 Å². The molecule has 0 aromatic carbocycles. The molecule has 3 fully saturated rings. The van der Waals surface area contributed by atoms with E-state index in [0.29, 0.717) is 0 Å². The molecular weight excluding hydrogens is 244 g/mol. The van der Waals surface area contributed by atoms with Crippen LogP contribution in [0.4, 0.5) is 0 Å². The summed E-state index contributed by atoms with van der Waals surface area (Å²) in [7, 11) is 0. The molecule has 0 amide bonds. The van der Waals surface area contributed by atoms with Crippen LogP contribution in [0.1, 0.15) is 71.6 Å². The Morgan fingerprint density at radius 2 is 1.70 bits per heavy atom. The molecule has 2 nitrogen and oxygen atoms in total. The molecule has 1 unspecified atom stereocenters. The lowest BCUT2D eigenvalue weighted by Crippen LogP contribution is -2.59. The van der Waals surface area contributed by atoms with Crippen molar-refractivity contribution in [1.82, 2.24) is 10.2 Å². The van der Waals surface area contributed by atoms with Gasteiger partial charge in [0.2, 0.25) is 0 Å². The van der Waals surface area contributed by atoms with Gasteiger partial charge in [-0.25, -0.2) is 0 Å². The molecule has 3 rings (SSSR count). The maximum atomic E-state index is 3.51. The molecule has 3 aliphatic rings. The minimum atomic E-state index is 0.731. The van der Waals surface area contributed by atoms with Gasteiger partial charge in [0, 0.05) is 18.6 Å². The van der Waals surface area contributed by atoms with E-state index < -0.39 is 0 Å². The fraction of sp³-hybridized carbons (Fsp3) is 1.00. The topological polar surface area (TPSA) is 15.3 Å². The minimum Gasteiger partial charge on any atom is -0.317 e. The standard InChI is InChI=1S/C18H34N2/c1-15(2)20(14-16-7-12-19-13-8-16)17-6-11-18(17)9-4-3-5-10-18/h15-17,19H,3-14H2,1-2H3. The molecule has 1 saturated heterocycles. The Labute approximate surface area is 125 Å². The Morgan fingerprint density at radius 3 is 2.25 bits per heavy atom. The van der Waals surface area contributed by atoms with Crippen molar-refractivity contribution in [3.05, 3.63) is 0 Å². The maximum Gasteiger partial charge on any atom is 0.0155 e. The third-order valence-corrected chi connectivity index (χ3v) is 6.46. The van der Waals surface area contributed by atoms with Crippen LogP contribution in [0, 0.1) is 11.3 Å². The van der Waals surface area contributed by atoms with Crippen LogP contribution >= 0.6 is 0 Å². The quantitative estimate of drug-likeness (QED) is 0.841. The Balaban J connectivity index is 1.64. The van der Waals surface area contributed by atoms with Crippen LogP contribution in [0.2, 0.25) is 0 Å². The second-order valence-electron chi connectivity index (χ2n) is 7.96.